The summed E-state index contributed by atoms with van der Waals surface area (Å²) in [5.74, 6) is 2.03. The molecule has 246 valence electrons. The maximum atomic E-state index is 6.69. The highest BCUT2D eigenvalue weighted by Crippen LogP contribution is 2.36. The number of hydrogen-bond donors (Lipinski definition) is 0. The third kappa shape index (κ3) is 5.04. The number of benzene rings is 6. The number of para-hydroxylation sites is 2. The van der Waals surface area contributed by atoms with Gasteiger partial charge in [-0.05, 0) is 36.4 Å². The van der Waals surface area contributed by atoms with Crippen molar-refractivity contribution in [2.45, 2.75) is 0 Å². The van der Waals surface area contributed by atoms with E-state index in [2.05, 4.69) is 168 Å². The van der Waals surface area contributed by atoms with Crippen molar-refractivity contribution in [1.82, 2.24) is 19.5 Å². The van der Waals surface area contributed by atoms with Gasteiger partial charge >= 0.3 is 0 Å². The van der Waals surface area contributed by atoms with Gasteiger partial charge in [0.1, 0.15) is 89.6 Å². The van der Waals surface area contributed by atoms with Crippen LogP contribution >= 0.6 is 0 Å². The summed E-state index contributed by atoms with van der Waals surface area (Å²) in [6.07, 6.45) is 0. The van der Waals surface area contributed by atoms with Gasteiger partial charge in [0.25, 0.3) is 0 Å². The molecule has 0 fully saturated rings. The first-order valence-electron chi connectivity index (χ1n) is 18.8. The average molecular weight is 683 g/mol. The Morgan fingerprint density at radius 1 is 0.389 bits per heavy atom. The lowest BCUT2D eigenvalue weighted by atomic mass is 9.60. The standard InChI is InChI=1S/C39H34B10N4O/c40-27-25(28(41)32(45)35(48)31(27)44)38-50-37(51-39(52-38)26-29(42)33(46)36(49)34(47)30(26)43)15-9-11-19-20-12-10-16(14-24(20)54-23(19)13-15)53-21-7-3-1-5-17(21)18-6-2-4-8-22(18)53/h1-14H,40-49H2. The topological polar surface area (TPSA) is 56.7 Å². The quantitative estimate of drug-likeness (QED) is 0.173. The highest BCUT2D eigenvalue weighted by atomic mass is 16.3. The monoisotopic (exact) mass is 684 g/mol. The molecule has 6 aromatic carbocycles. The van der Waals surface area contributed by atoms with Crippen molar-refractivity contribution >= 4 is 177 Å². The Labute approximate surface area is 324 Å². The van der Waals surface area contributed by atoms with E-state index in [1.807, 2.05) is 0 Å². The molecule has 54 heavy (non-hydrogen) atoms. The molecule has 9 aromatic rings. The zero-order valence-electron chi connectivity index (χ0n) is 32.8. The first-order valence-corrected chi connectivity index (χ1v) is 18.8. The Morgan fingerprint density at radius 2 is 0.796 bits per heavy atom. The van der Waals surface area contributed by atoms with Crippen LogP contribution in [0.5, 0.6) is 0 Å². The molecular weight excluding hydrogens is 649 g/mol. The molecule has 3 aromatic heterocycles. The molecule has 0 saturated heterocycles. The number of aromatic nitrogens is 4. The van der Waals surface area contributed by atoms with Crippen molar-refractivity contribution in [2.24, 2.45) is 0 Å². The predicted octanol–water partition coefficient (Wildman–Crippen LogP) is -7.55. The fraction of sp³-hybridized carbons (Fsp3) is 0. The van der Waals surface area contributed by atoms with E-state index in [4.69, 9.17) is 19.4 Å². The Balaban J connectivity index is 1.25. The number of hydrogen-bond acceptors (Lipinski definition) is 4. The second-order valence-electron chi connectivity index (χ2n) is 15.2. The summed E-state index contributed by atoms with van der Waals surface area (Å²) in [5, 5.41) is 4.61. The molecule has 0 spiro atoms. The molecule has 0 unspecified atom stereocenters. The van der Waals surface area contributed by atoms with Crippen LogP contribution in [0.2, 0.25) is 0 Å². The van der Waals surface area contributed by atoms with Crippen molar-refractivity contribution in [3.8, 4) is 39.9 Å². The number of nitrogens with zero attached hydrogens (tertiary/aromatic N) is 4. The van der Waals surface area contributed by atoms with Crippen molar-refractivity contribution in [3.05, 3.63) is 84.9 Å². The fourth-order valence-corrected chi connectivity index (χ4v) is 8.64. The molecule has 0 aliphatic carbocycles. The molecule has 3 heterocycles. The van der Waals surface area contributed by atoms with Gasteiger partial charge in [0.15, 0.2) is 17.5 Å². The molecule has 0 saturated carbocycles. The second-order valence-corrected chi connectivity index (χ2v) is 15.2. The van der Waals surface area contributed by atoms with Crippen LogP contribution in [-0.4, -0.2) is 98.0 Å². The van der Waals surface area contributed by atoms with Gasteiger partial charge in [-0.25, -0.2) is 15.0 Å². The minimum absolute atomic E-state index is 0.632. The highest BCUT2D eigenvalue weighted by molar-refractivity contribution is 6.69. The summed E-state index contributed by atoms with van der Waals surface area (Å²) >= 11 is 0. The molecule has 0 atom stereocenters. The summed E-state index contributed by atoms with van der Waals surface area (Å²) in [6, 6.07) is 30.1. The van der Waals surface area contributed by atoms with Crippen LogP contribution in [0.15, 0.2) is 89.3 Å². The van der Waals surface area contributed by atoms with E-state index >= 15 is 0 Å². The Bertz CT molecular complexity index is 2880. The Morgan fingerprint density at radius 3 is 1.30 bits per heavy atom. The molecule has 0 N–H and O–H groups in total. The van der Waals surface area contributed by atoms with E-state index < -0.39 is 0 Å². The lowest BCUT2D eigenvalue weighted by Crippen LogP contribution is -2.55. The van der Waals surface area contributed by atoms with Crippen LogP contribution in [0.25, 0.3) is 83.6 Å². The van der Waals surface area contributed by atoms with Crippen LogP contribution < -0.4 is 54.6 Å². The third-order valence-corrected chi connectivity index (χ3v) is 12.6. The Hall–Kier alpha value is -5.42. The summed E-state index contributed by atoms with van der Waals surface area (Å²) in [6.45, 7) is 0. The van der Waals surface area contributed by atoms with Gasteiger partial charge in [0.05, 0.1) is 11.0 Å². The molecule has 0 amide bonds. The van der Waals surface area contributed by atoms with Gasteiger partial charge in [-0.15, -0.1) is 32.8 Å². The number of furan rings is 1. The van der Waals surface area contributed by atoms with Crippen LogP contribution in [-0.2, 0) is 0 Å². The fourth-order valence-electron chi connectivity index (χ4n) is 8.64. The normalized spacial score (nSPS) is 11.7. The van der Waals surface area contributed by atoms with Crippen LogP contribution in [0.1, 0.15) is 0 Å². The number of fused-ring (bicyclic) bond motifs is 6. The average Bonchev–Trinajstić information content (AvgIpc) is 3.72. The van der Waals surface area contributed by atoms with Gasteiger partial charge < -0.3 is 8.98 Å². The van der Waals surface area contributed by atoms with Gasteiger partial charge in [-0.1, -0.05) is 64.3 Å². The maximum absolute atomic E-state index is 6.69. The largest absolute Gasteiger partial charge is 0.456 e. The first kappa shape index (κ1) is 34.4. The molecule has 5 nitrogen and oxygen atoms in total. The van der Waals surface area contributed by atoms with E-state index in [1.165, 1.54) is 76.4 Å². The predicted molar refractivity (Wildman–Crippen MR) is 260 cm³/mol. The zero-order valence-corrected chi connectivity index (χ0v) is 32.8. The Kier molecular flexibility index (Phi) is 8.00. The summed E-state index contributed by atoms with van der Waals surface area (Å²) in [5.41, 5.74) is 20.6. The van der Waals surface area contributed by atoms with E-state index in [0.717, 1.165) is 44.3 Å². The van der Waals surface area contributed by atoms with Crippen molar-refractivity contribution in [3.63, 3.8) is 0 Å². The van der Waals surface area contributed by atoms with Gasteiger partial charge in [0, 0.05) is 50.0 Å². The smallest absolute Gasteiger partial charge is 0.164 e. The minimum atomic E-state index is 0.632. The van der Waals surface area contributed by atoms with Crippen LogP contribution in [0.3, 0.4) is 0 Å². The van der Waals surface area contributed by atoms with Crippen LogP contribution in [0, 0.1) is 0 Å². The summed E-state index contributed by atoms with van der Waals surface area (Å²) in [4.78, 5) is 15.8. The lowest BCUT2D eigenvalue weighted by Gasteiger charge is -2.22. The molecule has 0 bridgehead atoms. The lowest BCUT2D eigenvalue weighted by molar-refractivity contribution is 0.668. The molecule has 0 aliphatic heterocycles. The van der Waals surface area contributed by atoms with E-state index in [0.29, 0.717) is 17.5 Å². The molecular formula is C39H34B10N4O. The third-order valence-electron chi connectivity index (χ3n) is 12.6. The molecule has 15 heteroatoms. The van der Waals surface area contributed by atoms with Crippen molar-refractivity contribution < 1.29 is 4.42 Å². The van der Waals surface area contributed by atoms with Crippen molar-refractivity contribution in [2.75, 3.05) is 0 Å². The van der Waals surface area contributed by atoms with Gasteiger partial charge in [-0.3, -0.25) is 0 Å². The van der Waals surface area contributed by atoms with Gasteiger partial charge in [-0.2, -0.15) is 0 Å². The second kappa shape index (κ2) is 12.6. The number of rotatable bonds is 4. The zero-order chi connectivity index (χ0) is 37.7. The molecule has 9 rings (SSSR count). The SMILES string of the molecule is Bc1c(B)c(B)c(-c2nc(-c3ccc4c(c3)oc3cc(-n5c6ccccc6c6ccccc65)ccc34)nc(-c3c(B)c(B)c(B)c(B)c3B)n2)c(B)c1B. The summed E-state index contributed by atoms with van der Waals surface area (Å²) in [7, 11) is 22.0. The summed E-state index contributed by atoms with van der Waals surface area (Å²) < 4.78 is 9.02. The maximum Gasteiger partial charge on any atom is 0.164 e. The van der Waals surface area contributed by atoms with E-state index in [9.17, 15) is 0 Å². The van der Waals surface area contributed by atoms with E-state index in [1.54, 1.807) is 0 Å². The molecule has 0 aliphatic rings. The van der Waals surface area contributed by atoms with E-state index in [-0.39, 0.29) is 0 Å². The van der Waals surface area contributed by atoms with Crippen LogP contribution in [0.4, 0.5) is 0 Å². The minimum Gasteiger partial charge on any atom is -0.456 e. The van der Waals surface area contributed by atoms with Crippen molar-refractivity contribution in [1.29, 1.82) is 0 Å². The molecule has 0 radical (unpaired) electrons. The first-order chi connectivity index (χ1) is 25.9. The highest BCUT2D eigenvalue weighted by Gasteiger charge is 2.22. The van der Waals surface area contributed by atoms with Gasteiger partial charge in [0.2, 0.25) is 0 Å².